The highest BCUT2D eigenvalue weighted by Crippen LogP contribution is 2.14. The van der Waals surface area contributed by atoms with Gasteiger partial charge in [-0.15, -0.1) is 0 Å². The van der Waals surface area contributed by atoms with Gasteiger partial charge in [0.05, 0.1) is 23.6 Å². The lowest BCUT2D eigenvalue weighted by atomic mass is 10.1. The summed E-state index contributed by atoms with van der Waals surface area (Å²) in [5.41, 5.74) is 1.08. The summed E-state index contributed by atoms with van der Waals surface area (Å²) in [5.74, 6) is -1.06. The van der Waals surface area contributed by atoms with Crippen LogP contribution in [0.2, 0.25) is 0 Å². The third-order valence-electron chi connectivity index (χ3n) is 2.67. The molecule has 0 saturated carbocycles. The van der Waals surface area contributed by atoms with E-state index in [1.165, 1.54) is 29.4 Å². The number of carboxylic acid groups (broad SMARTS) is 1. The molecule has 1 N–H and O–H groups in total. The lowest BCUT2D eigenvalue weighted by molar-refractivity contribution is 0.0694. The van der Waals surface area contributed by atoms with E-state index in [0.717, 1.165) is 0 Å². The van der Waals surface area contributed by atoms with Gasteiger partial charge in [-0.2, -0.15) is 0 Å². The molecule has 0 aliphatic carbocycles. The number of carboxylic acids is 1. The normalized spacial score (nSPS) is 10.3. The van der Waals surface area contributed by atoms with Gasteiger partial charge in [-0.3, -0.25) is 9.36 Å². The predicted molar refractivity (Wildman–Crippen MR) is 64.1 cm³/mol. The average Bonchev–Trinajstić information content (AvgIpc) is 2.28. The molecular formula is C12H11N3O3. The van der Waals surface area contributed by atoms with Gasteiger partial charge in [0.15, 0.2) is 0 Å². The molecule has 0 radical (unpaired) electrons. The Morgan fingerprint density at radius 3 is 2.44 bits per heavy atom. The Labute approximate surface area is 103 Å². The van der Waals surface area contributed by atoms with Crippen LogP contribution in [-0.2, 0) is 0 Å². The van der Waals surface area contributed by atoms with E-state index < -0.39 is 5.97 Å². The standard InChI is InChI=1S/C12H11N3O3/c1-7-3-10(16)15(8(2)11(7)12(17)18)9-4-13-6-14-5-9/h3-6H,1-2H3,(H,17,18). The Morgan fingerprint density at radius 2 is 1.89 bits per heavy atom. The molecule has 0 bridgehead atoms. The Bertz CT molecular complexity index is 662. The third kappa shape index (κ3) is 1.88. The molecular weight excluding hydrogens is 234 g/mol. The Morgan fingerprint density at radius 1 is 1.28 bits per heavy atom. The zero-order chi connectivity index (χ0) is 13.3. The predicted octanol–water partition coefficient (Wildman–Crippen LogP) is 0.943. The fourth-order valence-electron chi connectivity index (χ4n) is 1.94. The molecule has 0 atom stereocenters. The highest BCUT2D eigenvalue weighted by atomic mass is 16.4. The molecule has 0 saturated heterocycles. The maximum atomic E-state index is 12.0. The summed E-state index contributed by atoms with van der Waals surface area (Å²) < 4.78 is 1.29. The molecule has 0 aliphatic rings. The molecule has 0 fully saturated rings. The first-order chi connectivity index (χ1) is 8.52. The number of aromatic carboxylic acids is 1. The Hall–Kier alpha value is -2.50. The number of rotatable bonds is 2. The Kier molecular flexibility index (Phi) is 2.93. The van der Waals surface area contributed by atoms with Gasteiger partial charge < -0.3 is 5.11 Å². The second-order valence-electron chi connectivity index (χ2n) is 3.86. The number of aromatic nitrogens is 3. The summed E-state index contributed by atoms with van der Waals surface area (Å²) in [5, 5.41) is 9.16. The molecule has 92 valence electrons. The van der Waals surface area contributed by atoms with Crippen molar-refractivity contribution in [1.82, 2.24) is 14.5 Å². The fourth-order valence-corrected chi connectivity index (χ4v) is 1.94. The highest BCUT2D eigenvalue weighted by molar-refractivity contribution is 5.90. The van der Waals surface area contributed by atoms with Gasteiger partial charge in [0.25, 0.3) is 5.56 Å². The highest BCUT2D eigenvalue weighted by Gasteiger charge is 2.16. The molecule has 0 spiro atoms. The molecule has 2 aromatic rings. The van der Waals surface area contributed by atoms with Crippen molar-refractivity contribution in [2.45, 2.75) is 13.8 Å². The summed E-state index contributed by atoms with van der Waals surface area (Å²) in [6.07, 6.45) is 4.26. The summed E-state index contributed by atoms with van der Waals surface area (Å²) in [6, 6.07) is 1.30. The van der Waals surface area contributed by atoms with Gasteiger partial charge >= 0.3 is 5.97 Å². The minimum Gasteiger partial charge on any atom is -0.478 e. The zero-order valence-corrected chi connectivity index (χ0v) is 9.91. The van der Waals surface area contributed by atoms with E-state index >= 15 is 0 Å². The molecule has 0 aliphatic heterocycles. The van der Waals surface area contributed by atoms with Gasteiger partial charge in [-0.25, -0.2) is 14.8 Å². The molecule has 6 nitrogen and oxygen atoms in total. The SMILES string of the molecule is Cc1cc(=O)n(-c2cncnc2)c(C)c1C(=O)O. The second kappa shape index (κ2) is 4.40. The summed E-state index contributed by atoms with van der Waals surface area (Å²) in [7, 11) is 0. The van der Waals surface area contributed by atoms with E-state index in [0.29, 0.717) is 16.9 Å². The Balaban J connectivity index is 2.81. The van der Waals surface area contributed by atoms with Crippen LogP contribution in [0.1, 0.15) is 21.6 Å². The number of pyridine rings is 1. The average molecular weight is 245 g/mol. The van der Waals surface area contributed by atoms with Gasteiger partial charge in [-0.1, -0.05) is 0 Å². The quantitative estimate of drug-likeness (QED) is 0.851. The molecule has 2 aromatic heterocycles. The zero-order valence-electron chi connectivity index (χ0n) is 9.91. The van der Waals surface area contributed by atoms with E-state index in [4.69, 9.17) is 5.11 Å². The molecule has 6 heteroatoms. The first-order valence-corrected chi connectivity index (χ1v) is 5.24. The van der Waals surface area contributed by atoms with Crippen LogP contribution in [0.5, 0.6) is 0 Å². The maximum absolute atomic E-state index is 12.0. The van der Waals surface area contributed by atoms with Crippen molar-refractivity contribution in [2.75, 3.05) is 0 Å². The van der Waals surface area contributed by atoms with E-state index in [1.807, 2.05) is 0 Å². The van der Waals surface area contributed by atoms with Crippen LogP contribution in [-0.4, -0.2) is 25.6 Å². The van der Waals surface area contributed by atoms with Crippen LogP contribution >= 0.6 is 0 Å². The van der Waals surface area contributed by atoms with Crippen molar-refractivity contribution in [3.8, 4) is 5.69 Å². The third-order valence-corrected chi connectivity index (χ3v) is 2.67. The van der Waals surface area contributed by atoms with Gasteiger partial charge in [0.1, 0.15) is 6.33 Å². The van der Waals surface area contributed by atoms with E-state index in [2.05, 4.69) is 9.97 Å². The first kappa shape index (κ1) is 12.0. The van der Waals surface area contributed by atoms with Gasteiger partial charge in [0.2, 0.25) is 0 Å². The van der Waals surface area contributed by atoms with Crippen LogP contribution in [0.25, 0.3) is 5.69 Å². The molecule has 2 heterocycles. The summed E-state index contributed by atoms with van der Waals surface area (Å²) in [4.78, 5) is 30.8. The number of hydrogen-bond acceptors (Lipinski definition) is 4. The first-order valence-electron chi connectivity index (χ1n) is 5.24. The lowest BCUT2D eigenvalue weighted by Crippen LogP contribution is -2.24. The van der Waals surface area contributed by atoms with Gasteiger partial charge in [0, 0.05) is 11.8 Å². The number of hydrogen-bond donors (Lipinski definition) is 1. The van der Waals surface area contributed by atoms with Crippen LogP contribution in [0, 0.1) is 13.8 Å². The summed E-state index contributed by atoms with van der Waals surface area (Å²) in [6.45, 7) is 3.19. The van der Waals surface area contributed by atoms with Crippen molar-refractivity contribution in [2.24, 2.45) is 0 Å². The van der Waals surface area contributed by atoms with Crippen molar-refractivity contribution >= 4 is 5.97 Å². The second-order valence-corrected chi connectivity index (χ2v) is 3.86. The van der Waals surface area contributed by atoms with Crippen LogP contribution in [0.4, 0.5) is 0 Å². The van der Waals surface area contributed by atoms with Crippen molar-refractivity contribution in [3.05, 3.63) is 52.0 Å². The largest absolute Gasteiger partial charge is 0.478 e. The lowest BCUT2D eigenvalue weighted by Gasteiger charge is -2.13. The van der Waals surface area contributed by atoms with Crippen molar-refractivity contribution < 1.29 is 9.90 Å². The van der Waals surface area contributed by atoms with Crippen molar-refractivity contribution in [3.63, 3.8) is 0 Å². The molecule has 18 heavy (non-hydrogen) atoms. The molecule has 0 aromatic carbocycles. The summed E-state index contributed by atoms with van der Waals surface area (Å²) >= 11 is 0. The number of carbonyl (C=O) groups is 1. The number of nitrogens with zero attached hydrogens (tertiary/aromatic N) is 3. The number of aryl methyl sites for hydroxylation is 1. The van der Waals surface area contributed by atoms with Crippen LogP contribution < -0.4 is 5.56 Å². The minimum atomic E-state index is -1.06. The topological polar surface area (TPSA) is 85.1 Å². The minimum absolute atomic E-state index is 0.124. The van der Waals surface area contributed by atoms with E-state index in [9.17, 15) is 9.59 Å². The van der Waals surface area contributed by atoms with Crippen molar-refractivity contribution in [1.29, 1.82) is 0 Å². The molecule has 0 amide bonds. The fraction of sp³-hybridized carbons (Fsp3) is 0.167. The van der Waals surface area contributed by atoms with Gasteiger partial charge in [-0.05, 0) is 19.4 Å². The van der Waals surface area contributed by atoms with Crippen LogP contribution in [0.15, 0.2) is 29.6 Å². The maximum Gasteiger partial charge on any atom is 0.337 e. The van der Waals surface area contributed by atoms with Crippen LogP contribution in [0.3, 0.4) is 0 Å². The molecule has 2 rings (SSSR count). The van der Waals surface area contributed by atoms with E-state index in [-0.39, 0.29) is 11.1 Å². The molecule has 0 unspecified atom stereocenters. The monoisotopic (exact) mass is 245 g/mol. The van der Waals surface area contributed by atoms with E-state index in [1.54, 1.807) is 13.8 Å². The smallest absolute Gasteiger partial charge is 0.337 e.